The summed E-state index contributed by atoms with van der Waals surface area (Å²) in [4.78, 5) is 12.7. The molecule has 2 aromatic carbocycles. The van der Waals surface area contributed by atoms with Crippen molar-refractivity contribution in [1.82, 2.24) is 4.31 Å². The molecule has 0 aromatic heterocycles. The number of ether oxygens (including phenoxy) is 3. The predicted octanol–water partition coefficient (Wildman–Crippen LogP) is 3.14. The Hall–Kier alpha value is -2.78. The largest absolute Gasteiger partial charge is 0.497 e. The molecule has 164 valence electrons. The fraction of sp³-hybridized carbons (Fsp3) is 0.381. The number of amides is 1. The Bertz CT molecular complexity index is 973. The summed E-state index contributed by atoms with van der Waals surface area (Å²) in [5.41, 5.74) is 0.247. The number of carbonyl (C=O) groups is 1. The van der Waals surface area contributed by atoms with Gasteiger partial charge in [0.15, 0.2) is 6.10 Å². The summed E-state index contributed by atoms with van der Waals surface area (Å²) in [7, 11) is -0.693. The molecule has 0 fully saturated rings. The summed E-state index contributed by atoms with van der Waals surface area (Å²) in [6.45, 7) is 5.82. The summed E-state index contributed by atoms with van der Waals surface area (Å²) in [5, 5.41) is 2.69. The summed E-state index contributed by atoms with van der Waals surface area (Å²) >= 11 is 0. The van der Waals surface area contributed by atoms with E-state index in [2.05, 4.69) is 5.32 Å². The molecule has 1 N–H and O–H groups in total. The van der Waals surface area contributed by atoms with Gasteiger partial charge in [-0.05, 0) is 37.3 Å². The summed E-state index contributed by atoms with van der Waals surface area (Å²) in [5.74, 6) is 0.974. The molecule has 8 nitrogen and oxygen atoms in total. The molecule has 0 aliphatic heterocycles. The maximum atomic E-state index is 12.8. The molecule has 1 atom stereocenters. The number of rotatable bonds is 10. The van der Waals surface area contributed by atoms with E-state index in [1.54, 1.807) is 52.1 Å². The van der Waals surface area contributed by atoms with Crippen LogP contribution in [0, 0.1) is 0 Å². The minimum atomic E-state index is -3.68. The highest BCUT2D eigenvalue weighted by molar-refractivity contribution is 7.89. The minimum absolute atomic E-state index is 0.0728. The number of carbonyl (C=O) groups excluding carboxylic acids is 1. The zero-order chi connectivity index (χ0) is 22.3. The highest BCUT2D eigenvalue weighted by atomic mass is 32.2. The van der Waals surface area contributed by atoms with E-state index >= 15 is 0 Å². The molecule has 0 aliphatic rings. The number of hydrogen-bond acceptors (Lipinski definition) is 6. The van der Waals surface area contributed by atoms with Crippen LogP contribution in [0.25, 0.3) is 0 Å². The third-order valence-corrected chi connectivity index (χ3v) is 6.54. The SMILES string of the molecule is CCN(CC)S(=O)(=O)c1ccc(OC)c(NC(=O)C(C)Oc2cccc(OC)c2)c1. The molecule has 2 rings (SSSR count). The minimum Gasteiger partial charge on any atom is -0.497 e. The van der Waals surface area contributed by atoms with Gasteiger partial charge in [-0.3, -0.25) is 4.79 Å². The average molecular weight is 437 g/mol. The summed E-state index contributed by atoms with van der Waals surface area (Å²) in [6.07, 6.45) is -0.843. The van der Waals surface area contributed by atoms with Gasteiger partial charge in [0.25, 0.3) is 5.91 Å². The van der Waals surface area contributed by atoms with Crippen LogP contribution in [0.1, 0.15) is 20.8 Å². The molecule has 0 bridgehead atoms. The zero-order valence-corrected chi connectivity index (χ0v) is 18.7. The van der Waals surface area contributed by atoms with Gasteiger partial charge in [0.05, 0.1) is 24.8 Å². The molecule has 1 unspecified atom stereocenters. The fourth-order valence-electron chi connectivity index (χ4n) is 2.82. The van der Waals surface area contributed by atoms with E-state index in [-0.39, 0.29) is 10.6 Å². The number of anilines is 1. The highest BCUT2D eigenvalue weighted by Gasteiger charge is 2.24. The maximum Gasteiger partial charge on any atom is 0.265 e. The van der Waals surface area contributed by atoms with Crippen LogP contribution in [0.2, 0.25) is 0 Å². The van der Waals surface area contributed by atoms with E-state index in [9.17, 15) is 13.2 Å². The lowest BCUT2D eigenvalue weighted by molar-refractivity contribution is -0.122. The Morgan fingerprint density at radius 1 is 1.03 bits per heavy atom. The van der Waals surface area contributed by atoms with E-state index < -0.39 is 22.0 Å². The molecule has 0 radical (unpaired) electrons. The molecule has 1 amide bonds. The summed E-state index contributed by atoms with van der Waals surface area (Å²) < 4.78 is 43.0. The van der Waals surface area contributed by atoms with Crippen LogP contribution in [0.5, 0.6) is 17.2 Å². The smallest absolute Gasteiger partial charge is 0.265 e. The van der Waals surface area contributed by atoms with Crippen molar-refractivity contribution >= 4 is 21.6 Å². The van der Waals surface area contributed by atoms with E-state index in [0.717, 1.165) is 0 Å². The van der Waals surface area contributed by atoms with Crippen molar-refractivity contribution in [3.8, 4) is 17.2 Å². The van der Waals surface area contributed by atoms with Crippen molar-refractivity contribution in [2.45, 2.75) is 31.8 Å². The standard InChI is InChI=1S/C21H28N2O6S/c1-6-23(7-2)30(25,26)18-11-12-20(28-5)19(14-18)22-21(24)15(3)29-17-10-8-9-16(13-17)27-4/h8-15H,6-7H2,1-5H3,(H,22,24). The first kappa shape index (κ1) is 23.5. The van der Waals surface area contributed by atoms with Gasteiger partial charge < -0.3 is 19.5 Å². The molecule has 0 aliphatic carbocycles. The normalized spacial score (nSPS) is 12.3. The summed E-state index contributed by atoms with van der Waals surface area (Å²) in [6, 6.07) is 11.3. The number of benzene rings is 2. The second-order valence-electron chi connectivity index (χ2n) is 6.38. The molecule has 9 heteroatoms. The van der Waals surface area contributed by atoms with Crippen molar-refractivity contribution in [1.29, 1.82) is 0 Å². The van der Waals surface area contributed by atoms with Crippen LogP contribution in [-0.2, 0) is 14.8 Å². The Morgan fingerprint density at radius 2 is 1.70 bits per heavy atom. The molecule has 2 aromatic rings. The van der Waals surface area contributed by atoms with Gasteiger partial charge in [0.2, 0.25) is 10.0 Å². The Labute approximate surface area is 177 Å². The van der Waals surface area contributed by atoms with Crippen LogP contribution in [0.3, 0.4) is 0 Å². The van der Waals surface area contributed by atoms with E-state index in [1.807, 2.05) is 0 Å². The van der Waals surface area contributed by atoms with Crippen molar-refractivity contribution in [3.63, 3.8) is 0 Å². The highest BCUT2D eigenvalue weighted by Crippen LogP contribution is 2.29. The van der Waals surface area contributed by atoms with Crippen LogP contribution in [-0.4, -0.2) is 52.0 Å². The van der Waals surface area contributed by atoms with Crippen LogP contribution >= 0.6 is 0 Å². The topological polar surface area (TPSA) is 94.2 Å². The molecule has 0 heterocycles. The van der Waals surface area contributed by atoms with Crippen LogP contribution < -0.4 is 19.5 Å². The Morgan fingerprint density at radius 3 is 2.30 bits per heavy atom. The zero-order valence-electron chi connectivity index (χ0n) is 17.8. The van der Waals surface area contributed by atoms with Gasteiger partial charge in [-0.2, -0.15) is 4.31 Å². The number of methoxy groups -OCH3 is 2. The Kier molecular flexibility index (Phi) is 8.08. The third-order valence-electron chi connectivity index (χ3n) is 4.50. The van der Waals surface area contributed by atoms with Gasteiger partial charge in [-0.25, -0.2) is 8.42 Å². The molecule has 30 heavy (non-hydrogen) atoms. The number of nitrogens with zero attached hydrogens (tertiary/aromatic N) is 1. The van der Waals surface area contributed by atoms with Gasteiger partial charge in [-0.15, -0.1) is 0 Å². The lowest BCUT2D eigenvalue weighted by Gasteiger charge is -2.20. The van der Waals surface area contributed by atoms with Crippen molar-refractivity contribution < 1.29 is 27.4 Å². The van der Waals surface area contributed by atoms with Gasteiger partial charge in [-0.1, -0.05) is 19.9 Å². The molecule has 0 saturated carbocycles. The first-order chi connectivity index (χ1) is 14.3. The van der Waals surface area contributed by atoms with Crippen LogP contribution in [0.15, 0.2) is 47.4 Å². The first-order valence-electron chi connectivity index (χ1n) is 9.56. The second kappa shape index (κ2) is 10.3. The fourth-order valence-corrected chi connectivity index (χ4v) is 4.31. The monoisotopic (exact) mass is 436 g/mol. The van der Waals surface area contributed by atoms with E-state index in [4.69, 9.17) is 14.2 Å². The van der Waals surface area contributed by atoms with Gasteiger partial charge in [0, 0.05) is 19.2 Å². The molecular formula is C21H28N2O6S. The first-order valence-corrected chi connectivity index (χ1v) is 11.0. The quantitative estimate of drug-likeness (QED) is 0.615. The maximum absolute atomic E-state index is 12.8. The van der Waals surface area contributed by atoms with Crippen molar-refractivity contribution in [2.75, 3.05) is 32.6 Å². The Balaban J connectivity index is 2.24. The number of hydrogen-bond donors (Lipinski definition) is 1. The van der Waals surface area contributed by atoms with Crippen molar-refractivity contribution in [2.24, 2.45) is 0 Å². The lowest BCUT2D eigenvalue weighted by Crippen LogP contribution is -2.31. The van der Waals surface area contributed by atoms with Gasteiger partial charge in [0.1, 0.15) is 17.2 Å². The van der Waals surface area contributed by atoms with Crippen LogP contribution in [0.4, 0.5) is 5.69 Å². The van der Waals surface area contributed by atoms with Crippen molar-refractivity contribution in [3.05, 3.63) is 42.5 Å². The average Bonchev–Trinajstić information content (AvgIpc) is 2.74. The number of sulfonamides is 1. The van der Waals surface area contributed by atoms with E-state index in [1.165, 1.54) is 29.6 Å². The predicted molar refractivity (Wildman–Crippen MR) is 115 cm³/mol. The molecule has 0 saturated heterocycles. The second-order valence-corrected chi connectivity index (χ2v) is 8.32. The molecule has 0 spiro atoms. The molecular weight excluding hydrogens is 408 g/mol. The van der Waals surface area contributed by atoms with E-state index in [0.29, 0.717) is 30.3 Å². The number of nitrogens with one attached hydrogen (secondary N) is 1. The van der Waals surface area contributed by atoms with Gasteiger partial charge >= 0.3 is 0 Å². The third kappa shape index (κ3) is 5.43. The lowest BCUT2D eigenvalue weighted by atomic mass is 10.2.